The van der Waals surface area contributed by atoms with Crippen molar-refractivity contribution in [3.8, 4) is 5.75 Å². The third-order valence-electron chi connectivity index (χ3n) is 3.58. The number of carbonyl (C=O) groups is 2. The number of hydrogen-bond donors (Lipinski definition) is 2. The summed E-state index contributed by atoms with van der Waals surface area (Å²) in [6.45, 7) is 3.13. The highest BCUT2D eigenvalue weighted by Gasteiger charge is 2.11. The van der Waals surface area contributed by atoms with Crippen molar-refractivity contribution < 1.29 is 19.1 Å². The van der Waals surface area contributed by atoms with Gasteiger partial charge in [0.05, 0.1) is 12.8 Å². The van der Waals surface area contributed by atoms with Gasteiger partial charge in [-0.05, 0) is 42.3 Å². The third-order valence-corrected chi connectivity index (χ3v) is 3.58. The Bertz CT molecular complexity index is 771. The first-order chi connectivity index (χ1) is 13.1. The van der Waals surface area contributed by atoms with E-state index in [1.807, 2.05) is 43.3 Å². The maximum Gasteiger partial charge on any atom is 0.329 e. The molecule has 142 valence electrons. The highest BCUT2D eigenvalue weighted by molar-refractivity contribution is 6.35. The zero-order valence-electron chi connectivity index (χ0n) is 15.4. The van der Waals surface area contributed by atoms with Crippen molar-refractivity contribution in [3.63, 3.8) is 0 Å². The fraction of sp³-hybridized carbons (Fsp3) is 0.250. The smallest absolute Gasteiger partial charge is 0.329 e. The number of aryl methyl sites for hydroxylation is 1. The Morgan fingerprint density at radius 2 is 1.74 bits per heavy atom. The average molecular weight is 369 g/mol. The van der Waals surface area contributed by atoms with Crippen LogP contribution in [-0.4, -0.2) is 38.3 Å². The van der Waals surface area contributed by atoms with Gasteiger partial charge in [0.1, 0.15) is 12.4 Å². The van der Waals surface area contributed by atoms with E-state index < -0.39 is 11.8 Å². The molecule has 0 saturated carbocycles. The first-order valence-electron chi connectivity index (χ1n) is 8.47. The van der Waals surface area contributed by atoms with E-state index in [4.69, 9.17) is 9.47 Å². The zero-order valence-corrected chi connectivity index (χ0v) is 15.4. The molecule has 0 unspecified atom stereocenters. The molecule has 27 heavy (non-hydrogen) atoms. The molecule has 7 heteroatoms. The first-order valence-corrected chi connectivity index (χ1v) is 8.47. The minimum Gasteiger partial charge on any atom is -0.489 e. The Kier molecular flexibility index (Phi) is 7.99. The van der Waals surface area contributed by atoms with Gasteiger partial charge in [0, 0.05) is 13.7 Å². The Morgan fingerprint density at radius 3 is 2.41 bits per heavy atom. The SMILES string of the molecule is COCCNC(=O)C(=O)N/N=C/c1ccc(OCc2ccc(C)cc2)cc1. The van der Waals surface area contributed by atoms with E-state index in [0.29, 0.717) is 13.2 Å². The van der Waals surface area contributed by atoms with Crippen LogP contribution in [0.4, 0.5) is 0 Å². The summed E-state index contributed by atoms with van der Waals surface area (Å²) in [5, 5.41) is 6.17. The van der Waals surface area contributed by atoms with Gasteiger partial charge in [-0.15, -0.1) is 0 Å². The molecule has 0 spiro atoms. The maximum absolute atomic E-state index is 11.5. The molecule has 0 aliphatic carbocycles. The molecule has 0 saturated heterocycles. The van der Waals surface area contributed by atoms with Crippen molar-refractivity contribution >= 4 is 18.0 Å². The van der Waals surface area contributed by atoms with E-state index >= 15 is 0 Å². The Morgan fingerprint density at radius 1 is 1.04 bits per heavy atom. The van der Waals surface area contributed by atoms with Crippen LogP contribution in [0.5, 0.6) is 5.75 Å². The number of hydrogen-bond acceptors (Lipinski definition) is 5. The Balaban J connectivity index is 1.77. The van der Waals surface area contributed by atoms with Gasteiger partial charge in [0.25, 0.3) is 0 Å². The van der Waals surface area contributed by atoms with Gasteiger partial charge < -0.3 is 14.8 Å². The minimum atomic E-state index is -0.833. The maximum atomic E-state index is 11.5. The number of nitrogens with one attached hydrogen (secondary N) is 2. The fourth-order valence-electron chi connectivity index (χ4n) is 2.06. The summed E-state index contributed by atoms with van der Waals surface area (Å²) < 4.78 is 10.5. The molecular weight excluding hydrogens is 346 g/mol. The Labute approximate surface area is 158 Å². The number of nitrogens with zero attached hydrogens (tertiary/aromatic N) is 1. The van der Waals surface area contributed by atoms with Crippen LogP contribution in [0.2, 0.25) is 0 Å². The number of ether oxygens (including phenoxy) is 2. The molecule has 0 aliphatic rings. The molecule has 2 aromatic carbocycles. The molecule has 7 nitrogen and oxygen atoms in total. The second-order valence-corrected chi connectivity index (χ2v) is 5.79. The number of benzene rings is 2. The molecule has 2 amide bonds. The predicted octanol–water partition coefficient (Wildman–Crippen LogP) is 1.79. The number of carbonyl (C=O) groups excluding carboxylic acids is 2. The number of methoxy groups -OCH3 is 1. The van der Waals surface area contributed by atoms with Gasteiger partial charge in [0.15, 0.2) is 0 Å². The molecule has 0 bridgehead atoms. The van der Waals surface area contributed by atoms with Gasteiger partial charge in [-0.25, -0.2) is 5.43 Å². The van der Waals surface area contributed by atoms with Crippen LogP contribution in [0.25, 0.3) is 0 Å². The molecule has 0 radical (unpaired) electrons. The van der Waals surface area contributed by atoms with Crippen LogP contribution in [0, 0.1) is 6.92 Å². The predicted molar refractivity (Wildman–Crippen MR) is 103 cm³/mol. The van der Waals surface area contributed by atoms with Crippen LogP contribution >= 0.6 is 0 Å². The molecule has 2 N–H and O–H groups in total. The normalized spacial score (nSPS) is 10.6. The molecule has 0 fully saturated rings. The topological polar surface area (TPSA) is 89.0 Å². The van der Waals surface area contributed by atoms with E-state index in [0.717, 1.165) is 16.9 Å². The van der Waals surface area contributed by atoms with Crippen molar-refractivity contribution in [2.75, 3.05) is 20.3 Å². The average Bonchev–Trinajstić information content (AvgIpc) is 2.68. The summed E-state index contributed by atoms with van der Waals surface area (Å²) >= 11 is 0. The standard InChI is InChI=1S/C20H23N3O4/c1-15-3-5-17(6-4-15)14-27-18-9-7-16(8-10-18)13-22-23-20(25)19(24)21-11-12-26-2/h3-10,13H,11-12,14H2,1-2H3,(H,21,24)(H,23,25)/b22-13+. The highest BCUT2D eigenvalue weighted by atomic mass is 16.5. The molecule has 2 rings (SSSR count). The summed E-state index contributed by atoms with van der Waals surface area (Å²) in [5.74, 6) is -0.862. The lowest BCUT2D eigenvalue weighted by atomic mass is 10.2. The summed E-state index contributed by atoms with van der Waals surface area (Å²) in [4.78, 5) is 23.0. The van der Waals surface area contributed by atoms with E-state index in [9.17, 15) is 9.59 Å². The first kappa shape index (κ1) is 20.1. The van der Waals surface area contributed by atoms with E-state index in [1.54, 1.807) is 12.1 Å². The third kappa shape index (κ3) is 7.29. The highest BCUT2D eigenvalue weighted by Crippen LogP contribution is 2.14. The van der Waals surface area contributed by atoms with Crippen molar-refractivity contribution in [2.45, 2.75) is 13.5 Å². The summed E-state index contributed by atoms with van der Waals surface area (Å²) in [5.41, 5.74) is 5.24. The van der Waals surface area contributed by atoms with Gasteiger partial charge in [0.2, 0.25) is 0 Å². The lowest BCUT2D eigenvalue weighted by Crippen LogP contribution is -2.39. The van der Waals surface area contributed by atoms with Gasteiger partial charge in [-0.2, -0.15) is 5.10 Å². The van der Waals surface area contributed by atoms with Crippen LogP contribution in [0.3, 0.4) is 0 Å². The lowest BCUT2D eigenvalue weighted by molar-refractivity contribution is -0.139. The monoisotopic (exact) mass is 369 g/mol. The zero-order chi connectivity index (χ0) is 19.5. The van der Waals surface area contributed by atoms with E-state index in [2.05, 4.69) is 15.8 Å². The second kappa shape index (κ2) is 10.7. The minimum absolute atomic E-state index is 0.260. The van der Waals surface area contributed by atoms with E-state index in [1.165, 1.54) is 18.9 Å². The van der Waals surface area contributed by atoms with Crippen molar-refractivity contribution in [1.29, 1.82) is 0 Å². The van der Waals surface area contributed by atoms with Crippen LogP contribution in [-0.2, 0) is 20.9 Å². The number of amides is 2. The number of hydrazone groups is 1. The van der Waals surface area contributed by atoms with Crippen molar-refractivity contribution in [2.24, 2.45) is 5.10 Å². The fourth-order valence-corrected chi connectivity index (χ4v) is 2.06. The Hall–Kier alpha value is -3.19. The largest absolute Gasteiger partial charge is 0.489 e. The molecule has 0 aliphatic heterocycles. The molecule has 0 heterocycles. The quantitative estimate of drug-likeness (QED) is 0.321. The summed E-state index contributed by atoms with van der Waals surface area (Å²) in [7, 11) is 1.51. The summed E-state index contributed by atoms with van der Waals surface area (Å²) in [6.07, 6.45) is 1.45. The van der Waals surface area contributed by atoms with Crippen molar-refractivity contribution in [3.05, 3.63) is 65.2 Å². The van der Waals surface area contributed by atoms with Crippen LogP contribution in [0.15, 0.2) is 53.6 Å². The van der Waals surface area contributed by atoms with Gasteiger partial charge in [-0.3, -0.25) is 9.59 Å². The molecule has 0 atom stereocenters. The second-order valence-electron chi connectivity index (χ2n) is 5.79. The summed E-state index contributed by atoms with van der Waals surface area (Å²) in [6, 6.07) is 15.4. The number of rotatable bonds is 8. The molecule has 2 aromatic rings. The molecule has 0 aromatic heterocycles. The van der Waals surface area contributed by atoms with E-state index in [-0.39, 0.29) is 6.54 Å². The van der Waals surface area contributed by atoms with Crippen LogP contribution < -0.4 is 15.5 Å². The van der Waals surface area contributed by atoms with Crippen molar-refractivity contribution in [1.82, 2.24) is 10.7 Å². The van der Waals surface area contributed by atoms with Gasteiger partial charge >= 0.3 is 11.8 Å². The van der Waals surface area contributed by atoms with Crippen LogP contribution in [0.1, 0.15) is 16.7 Å². The lowest BCUT2D eigenvalue weighted by Gasteiger charge is -2.07. The molecular formula is C20H23N3O4. The van der Waals surface area contributed by atoms with Gasteiger partial charge in [-0.1, -0.05) is 29.8 Å².